The van der Waals surface area contributed by atoms with Crippen molar-refractivity contribution in [2.75, 3.05) is 5.32 Å². The van der Waals surface area contributed by atoms with Crippen LogP contribution < -0.4 is 5.32 Å². The van der Waals surface area contributed by atoms with E-state index in [1.807, 2.05) is 13.0 Å². The van der Waals surface area contributed by atoms with Gasteiger partial charge in [0.05, 0.1) is 23.6 Å². The van der Waals surface area contributed by atoms with E-state index in [4.69, 9.17) is 11.6 Å². The molecule has 2 aromatic carbocycles. The van der Waals surface area contributed by atoms with Gasteiger partial charge in [0.2, 0.25) is 0 Å². The molecule has 3 aromatic heterocycles. The number of Topliss-reactive ketones (excluding diaryl/α,β-unsaturated/α-hetero) is 1. The Morgan fingerprint density at radius 1 is 1.21 bits per heavy atom. The first-order valence-electron chi connectivity index (χ1n) is 10.6. The number of nitrogens with one attached hydrogen (secondary N) is 2. The molecule has 170 valence electrons. The summed E-state index contributed by atoms with van der Waals surface area (Å²) in [7, 11) is 0. The average Bonchev–Trinajstić information content (AvgIpc) is 3.33. The van der Waals surface area contributed by atoms with Crippen molar-refractivity contribution in [2.45, 2.75) is 26.3 Å². The first-order valence-corrected chi connectivity index (χ1v) is 11.0. The molecule has 10 heteroatoms. The van der Waals surface area contributed by atoms with Crippen LogP contribution in [0.1, 0.15) is 42.2 Å². The number of ketones is 1. The van der Waals surface area contributed by atoms with Crippen LogP contribution in [0, 0.1) is 5.82 Å². The van der Waals surface area contributed by atoms with Crippen molar-refractivity contribution in [1.82, 2.24) is 30.1 Å². The first-order chi connectivity index (χ1) is 16.5. The number of benzene rings is 2. The lowest BCUT2D eigenvalue weighted by Crippen LogP contribution is -2.11. The second-order valence-corrected chi connectivity index (χ2v) is 8.22. The molecule has 0 aliphatic heterocycles. The van der Waals surface area contributed by atoms with E-state index in [1.165, 1.54) is 18.5 Å². The van der Waals surface area contributed by atoms with Gasteiger partial charge in [0.1, 0.15) is 23.2 Å². The summed E-state index contributed by atoms with van der Waals surface area (Å²) in [6.07, 6.45) is 4.78. The molecule has 5 aromatic rings. The number of aromatic nitrogens is 6. The molecule has 3 heterocycles. The minimum Gasteiger partial charge on any atom is -0.362 e. The van der Waals surface area contributed by atoms with E-state index in [9.17, 15) is 9.18 Å². The number of hydrogen-bond acceptors (Lipinski definition) is 7. The fourth-order valence-corrected chi connectivity index (χ4v) is 4.30. The van der Waals surface area contributed by atoms with Gasteiger partial charge in [-0.2, -0.15) is 5.10 Å². The lowest BCUT2D eigenvalue weighted by Gasteiger charge is -2.21. The highest BCUT2D eigenvalue weighted by Gasteiger charge is 2.22. The SMILES string of the molecule is CCC(=O)c1cc(F)cc(-c2c(C(C)Nc3ncnc4nc[nH]c34)cc(Cl)c3ccnnc23)c1. The van der Waals surface area contributed by atoms with Crippen molar-refractivity contribution in [3.63, 3.8) is 0 Å². The molecule has 0 radical (unpaired) electrons. The summed E-state index contributed by atoms with van der Waals surface area (Å²) < 4.78 is 14.7. The molecular formula is C24H19ClFN7O. The molecule has 34 heavy (non-hydrogen) atoms. The number of fused-ring (bicyclic) bond motifs is 2. The van der Waals surface area contributed by atoms with Gasteiger partial charge < -0.3 is 10.3 Å². The molecule has 8 nitrogen and oxygen atoms in total. The summed E-state index contributed by atoms with van der Waals surface area (Å²) >= 11 is 6.62. The molecular weight excluding hydrogens is 457 g/mol. The number of imidazole rings is 1. The summed E-state index contributed by atoms with van der Waals surface area (Å²) in [6, 6.07) is 7.55. The maximum Gasteiger partial charge on any atom is 0.182 e. The van der Waals surface area contributed by atoms with E-state index in [0.29, 0.717) is 49.6 Å². The van der Waals surface area contributed by atoms with Crippen LogP contribution in [0.25, 0.3) is 33.2 Å². The number of carbonyl (C=O) groups is 1. The van der Waals surface area contributed by atoms with E-state index in [-0.39, 0.29) is 18.2 Å². The number of rotatable bonds is 6. The molecule has 2 N–H and O–H groups in total. The summed E-state index contributed by atoms with van der Waals surface area (Å²) in [5.41, 5.74) is 3.87. The lowest BCUT2D eigenvalue weighted by atomic mass is 9.91. The minimum atomic E-state index is -0.511. The maximum atomic E-state index is 14.7. The summed E-state index contributed by atoms with van der Waals surface area (Å²) in [4.78, 5) is 28.0. The molecule has 1 unspecified atom stereocenters. The van der Waals surface area contributed by atoms with Crippen molar-refractivity contribution in [2.24, 2.45) is 0 Å². The molecule has 0 aliphatic carbocycles. The van der Waals surface area contributed by atoms with Crippen LogP contribution >= 0.6 is 11.6 Å². The van der Waals surface area contributed by atoms with Crippen LogP contribution in [-0.4, -0.2) is 35.9 Å². The van der Waals surface area contributed by atoms with Gasteiger partial charge in [-0.1, -0.05) is 18.5 Å². The highest BCUT2D eigenvalue weighted by atomic mass is 35.5. The fraction of sp³-hybridized carbons (Fsp3) is 0.167. The van der Waals surface area contributed by atoms with Crippen LogP contribution in [0.2, 0.25) is 5.02 Å². The number of H-pyrrole nitrogens is 1. The molecule has 0 fully saturated rings. The van der Waals surface area contributed by atoms with Gasteiger partial charge in [-0.25, -0.2) is 19.3 Å². The van der Waals surface area contributed by atoms with Gasteiger partial charge in [-0.15, -0.1) is 5.10 Å². The van der Waals surface area contributed by atoms with Crippen LogP contribution in [0.5, 0.6) is 0 Å². The van der Waals surface area contributed by atoms with E-state index in [1.54, 1.807) is 31.6 Å². The van der Waals surface area contributed by atoms with E-state index < -0.39 is 5.82 Å². The van der Waals surface area contributed by atoms with Gasteiger partial charge in [-0.05, 0) is 48.4 Å². The Hall–Kier alpha value is -3.98. The van der Waals surface area contributed by atoms with Crippen LogP contribution in [0.3, 0.4) is 0 Å². The quantitative estimate of drug-likeness (QED) is 0.311. The summed E-state index contributed by atoms with van der Waals surface area (Å²) in [6.45, 7) is 3.67. The van der Waals surface area contributed by atoms with Crippen molar-refractivity contribution in [1.29, 1.82) is 0 Å². The molecule has 0 bridgehead atoms. The van der Waals surface area contributed by atoms with Crippen LogP contribution in [0.4, 0.5) is 10.2 Å². The minimum absolute atomic E-state index is 0.152. The standard InChI is InChI=1S/C24H19ClFN7O/c1-3-19(34)13-6-14(8-15(26)7-13)20-17(9-18(25)16-4-5-31-33-21(16)20)12(2)32-24-22-23(28-10-27-22)29-11-30-24/h4-12H,3H2,1-2H3,(H2,27,28,29,30,32). The lowest BCUT2D eigenvalue weighted by molar-refractivity contribution is 0.0987. The third-order valence-corrected chi connectivity index (χ3v) is 5.97. The molecule has 0 spiro atoms. The molecule has 5 rings (SSSR count). The Kier molecular flexibility index (Phi) is 5.62. The second kappa shape index (κ2) is 8.75. The number of hydrogen-bond donors (Lipinski definition) is 2. The second-order valence-electron chi connectivity index (χ2n) is 7.81. The van der Waals surface area contributed by atoms with Crippen molar-refractivity contribution < 1.29 is 9.18 Å². The van der Waals surface area contributed by atoms with E-state index >= 15 is 0 Å². The Labute approximate surface area is 198 Å². The highest BCUT2D eigenvalue weighted by molar-refractivity contribution is 6.36. The Bertz CT molecular complexity index is 1550. The third kappa shape index (κ3) is 3.84. The zero-order valence-electron chi connectivity index (χ0n) is 18.3. The van der Waals surface area contributed by atoms with Gasteiger partial charge in [-0.3, -0.25) is 4.79 Å². The first kappa shape index (κ1) is 21.8. The smallest absolute Gasteiger partial charge is 0.182 e. The molecule has 0 aliphatic rings. The zero-order chi connectivity index (χ0) is 23.8. The number of anilines is 1. The normalized spacial score (nSPS) is 12.2. The maximum absolute atomic E-state index is 14.7. The van der Waals surface area contributed by atoms with Gasteiger partial charge in [0.15, 0.2) is 17.2 Å². The van der Waals surface area contributed by atoms with Crippen LogP contribution in [0.15, 0.2) is 49.2 Å². The van der Waals surface area contributed by atoms with Crippen molar-refractivity contribution >= 4 is 45.3 Å². The van der Waals surface area contributed by atoms with Crippen molar-refractivity contribution in [3.05, 3.63) is 71.2 Å². The molecule has 0 saturated heterocycles. The Balaban J connectivity index is 1.71. The monoisotopic (exact) mass is 475 g/mol. The molecule has 0 saturated carbocycles. The third-order valence-electron chi connectivity index (χ3n) is 5.66. The highest BCUT2D eigenvalue weighted by Crippen LogP contribution is 2.39. The van der Waals surface area contributed by atoms with Gasteiger partial charge in [0, 0.05) is 22.9 Å². The number of carbonyl (C=O) groups excluding carboxylic acids is 1. The predicted octanol–water partition coefficient (Wildman–Crippen LogP) is 5.52. The fourth-order valence-electron chi connectivity index (χ4n) is 4.03. The molecule has 1 atom stereocenters. The van der Waals surface area contributed by atoms with E-state index in [2.05, 4.69) is 35.5 Å². The van der Waals surface area contributed by atoms with E-state index in [0.717, 1.165) is 5.56 Å². The summed E-state index contributed by atoms with van der Waals surface area (Å²) in [5, 5.41) is 12.9. The average molecular weight is 476 g/mol. The summed E-state index contributed by atoms with van der Waals surface area (Å²) in [5.74, 6) is -0.110. The number of aromatic amines is 1. The topological polar surface area (TPSA) is 109 Å². The van der Waals surface area contributed by atoms with Crippen molar-refractivity contribution in [3.8, 4) is 11.1 Å². The number of halogens is 2. The Morgan fingerprint density at radius 3 is 2.88 bits per heavy atom. The zero-order valence-corrected chi connectivity index (χ0v) is 19.1. The van der Waals surface area contributed by atoms with Gasteiger partial charge in [0.25, 0.3) is 0 Å². The van der Waals surface area contributed by atoms with Gasteiger partial charge >= 0.3 is 0 Å². The molecule has 0 amide bonds. The predicted molar refractivity (Wildman–Crippen MR) is 128 cm³/mol. The van der Waals surface area contributed by atoms with Crippen LogP contribution in [-0.2, 0) is 0 Å². The largest absolute Gasteiger partial charge is 0.362 e. The Morgan fingerprint density at radius 2 is 2.06 bits per heavy atom. The number of nitrogens with zero attached hydrogens (tertiary/aromatic N) is 5.